The summed E-state index contributed by atoms with van der Waals surface area (Å²) in [5, 5.41) is 5.31. The molecule has 4 rings (SSSR count). The van der Waals surface area contributed by atoms with Gasteiger partial charge in [0.15, 0.2) is 0 Å². The molecule has 0 spiro atoms. The summed E-state index contributed by atoms with van der Waals surface area (Å²) in [6.07, 6.45) is -8.08. The van der Waals surface area contributed by atoms with Crippen LogP contribution in [0.5, 0.6) is 0 Å². The van der Waals surface area contributed by atoms with Crippen molar-refractivity contribution in [3.8, 4) is 5.95 Å². The zero-order chi connectivity index (χ0) is 21.8. The standard InChI is InChI=1S/C18H13F6N5S/c1-3-30-15-10-5-4-9(17(19,20)21)6-11(10)27-29(15)16-26-12-7-14(18(22,23)24)25-8-13(12)28(16)2/h4-8H,3H2,1-2H3. The lowest BCUT2D eigenvalue weighted by Gasteiger charge is -2.07. The largest absolute Gasteiger partial charge is 0.433 e. The van der Waals surface area contributed by atoms with Crippen LogP contribution in [0.2, 0.25) is 0 Å². The van der Waals surface area contributed by atoms with E-state index in [4.69, 9.17) is 0 Å². The van der Waals surface area contributed by atoms with Crippen LogP contribution in [-0.2, 0) is 19.4 Å². The van der Waals surface area contributed by atoms with Gasteiger partial charge in [-0.2, -0.15) is 36.1 Å². The summed E-state index contributed by atoms with van der Waals surface area (Å²) < 4.78 is 81.0. The first-order chi connectivity index (χ1) is 14.0. The molecule has 0 amide bonds. The van der Waals surface area contributed by atoms with Crippen molar-refractivity contribution in [2.24, 2.45) is 7.05 Å². The van der Waals surface area contributed by atoms with Crippen molar-refractivity contribution < 1.29 is 26.3 Å². The van der Waals surface area contributed by atoms with Crippen LogP contribution in [0.15, 0.2) is 35.5 Å². The molecular weight excluding hydrogens is 432 g/mol. The predicted octanol–water partition coefficient (Wildman–Crippen LogP) is 5.46. The lowest BCUT2D eigenvalue weighted by molar-refractivity contribution is -0.141. The fourth-order valence-electron chi connectivity index (χ4n) is 3.07. The van der Waals surface area contributed by atoms with Gasteiger partial charge in [0.1, 0.15) is 10.7 Å². The average molecular weight is 445 g/mol. The third-order valence-electron chi connectivity index (χ3n) is 4.46. The molecule has 0 N–H and O–H groups in total. The number of pyridine rings is 1. The Morgan fingerprint density at radius 1 is 1.00 bits per heavy atom. The van der Waals surface area contributed by atoms with Crippen molar-refractivity contribution in [3.63, 3.8) is 0 Å². The second-order valence-electron chi connectivity index (χ2n) is 6.41. The Kier molecular flexibility index (Phi) is 4.71. The van der Waals surface area contributed by atoms with Crippen molar-refractivity contribution in [1.29, 1.82) is 0 Å². The van der Waals surface area contributed by atoms with Crippen molar-refractivity contribution in [2.45, 2.75) is 24.3 Å². The number of halogens is 6. The SMILES string of the molecule is CCSc1c2ccc(C(F)(F)F)cc2nn1-c1nc2cc(C(F)(F)F)ncc2n1C. The first-order valence-electron chi connectivity index (χ1n) is 8.63. The summed E-state index contributed by atoms with van der Waals surface area (Å²) >= 11 is 1.34. The van der Waals surface area contributed by atoms with Crippen molar-refractivity contribution in [2.75, 3.05) is 5.75 Å². The first-order valence-corrected chi connectivity index (χ1v) is 9.62. The quantitative estimate of drug-likeness (QED) is 0.311. The topological polar surface area (TPSA) is 48.5 Å². The third-order valence-corrected chi connectivity index (χ3v) is 5.42. The number of thioether (sulfide) groups is 1. The van der Waals surface area contributed by atoms with Gasteiger partial charge < -0.3 is 4.57 Å². The Labute approximate surface area is 169 Å². The number of nitrogens with zero attached hydrogens (tertiary/aromatic N) is 5. The zero-order valence-electron chi connectivity index (χ0n) is 15.5. The van der Waals surface area contributed by atoms with E-state index in [9.17, 15) is 26.3 Å². The van der Waals surface area contributed by atoms with Gasteiger partial charge in [-0.25, -0.2) is 9.97 Å². The molecule has 0 radical (unpaired) electrons. The molecule has 0 atom stereocenters. The highest BCUT2D eigenvalue weighted by Crippen LogP contribution is 2.36. The number of fused-ring (bicyclic) bond motifs is 2. The van der Waals surface area contributed by atoms with Gasteiger partial charge in [-0.3, -0.25) is 0 Å². The predicted molar refractivity (Wildman–Crippen MR) is 99.5 cm³/mol. The Bertz CT molecular complexity index is 1250. The highest BCUT2D eigenvalue weighted by molar-refractivity contribution is 7.99. The molecule has 3 heterocycles. The van der Waals surface area contributed by atoms with Gasteiger partial charge in [-0.05, 0) is 30.0 Å². The fourth-order valence-corrected chi connectivity index (χ4v) is 3.92. The Hall–Kier alpha value is -2.76. The molecule has 158 valence electrons. The van der Waals surface area contributed by atoms with Gasteiger partial charge in [-0.1, -0.05) is 6.92 Å². The summed E-state index contributed by atoms with van der Waals surface area (Å²) in [7, 11) is 1.58. The molecule has 0 aliphatic carbocycles. The molecule has 1 aromatic carbocycles. The molecule has 0 saturated carbocycles. The summed E-state index contributed by atoms with van der Waals surface area (Å²) in [6.45, 7) is 1.87. The molecule has 4 aromatic rings. The van der Waals surface area contributed by atoms with Crippen molar-refractivity contribution >= 4 is 33.7 Å². The maximum absolute atomic E-state index is 13.1. The van der Waals surface area contributed by atoms with Crippen LogP contribution < -0.4 is 0 Å². The number of alkyl halides is 6. The number of imidazole rings is 1. The summed E-state index contributed by atoms with van der Waals surface area (Å²) in [5.74, 6) is 0.776. The zero-order valence-corrected chi connectivity index (χ0v) is 16.3. The molecule has 12 heteroatoms. The van der Waals surface area contributed by atoms with Gasteiger partial charge >= 0.3 is 12.4 Å². The fraction of sp³-hybridized carbons (Fsp3) is 0.278. The molecule has 3 aromatic heterocycles. The average Bonchev–Trinajstić information content (AvgIpc) is 3.18. The van der Waals surface area contributed by atoms with Gasteiger partial charge in [0.25, 0.3) is 0 Å². The van der Waals surface area contributed by atoms with Crippen LogP contribution in [0.4, 0.5) is 26.3 Å². The van der Waals surface area contributed by atoms with E-state index in [-0.39, 0.29) is 17.0 Å². The van der Waals surface area contributed by atoms with Crippen LogP contribution in [0.3, 0.4) is 0 Å². The van der Waals surface area contributed by atoms with E-state index in [1.807, 2.05) is 6.92 Å². The number of aromatic nitrogens is 5. The number of hydrogen-bond acceptors (Lipinski definition) is 4. The van der Waals surface area contributed by atoms with Gasteiger partial charge in [-0.15, -0.1) is 11.8 Å². The Morgan fingerprint density at radius 3 is 2.37 bits per heavy atom. The number of rotatable bonds is 3. The molecule has 5 nitrogen and oxygen atoms in total. The highest BCUT2D eigenvalue weighted by atomic mass is 32.2. The van der Waals surface area contributed by atoms with Crippen molar-refractivity contribution in [1.82, 2.24) is 24.3 Å². The maximum Gasteiger partial charge on any atom is 0.433 e. The molecule has 0 unspecified atom stereocenters. The lowest BCUT2D eigenvalue weighted by atomic mass is 10.1. The van der Waals surface area contributed by atoms with E-state index < -0.39 is 23.6 Å². The summed E-state index contributed by atoms with van der Waals surface area (Å²) in [5.41, 5.74) is -1.42. The minimum absolute atomic E-state index is 0.0535. The monoisotopic (exact) mass is 445 g/mol. The van der Waals surface area contributed by atoms with Crippen LogP contribution in [0.25, 0.3) is 27.9 Å². The normalized spacial score (nSPS) is 12.9. The molecule has 0 saturated heterocycles. The van der Waals surface area contributed by atoms with E-state index in [1.54, 1.807) is 7.05 Å². The van der Waals surface area contributed by atoms with E-state index in [0.29, 0.717) is 21.7 Å². The molecule has 0 aliphatic rings. The van der Waals surface area contributed by atoms with Gasteiger partial charge in [0, 0.05) is 12.4 Å². The van der Waals surface area contributed by atoms with Gasteiger partial charge in [0.2, 0.25) is 5.95 Å². The van der Waals surface area contributed by atoms with E-state index in [2.05, 4.69) is 15.1 Å². The molecular formula is C18H13F6N5S. The van der Waals surface area contributed by atoms with Crippen molar-refractivity contribution in [3.05, 3.63) is 41.7 Å². The van der Waals surface area contributed by atoms with Gasteiger partial charge in [0.05, 0.1) is 28.3 Å². The van der Waals surface area contributed by atoms with Crippen LogP contribution >= 0.6 is 11.8 Å². The molecule has 0 aliphatic heterocycles. The highest BCUT2D eigenvalue weighted by Gasteiger charge is 2.34. The van der Waals surface area contributed by atoms with Crippen LogP contribution in [0, 0.1) is 0 Å². The number of hydrogen-bond donors (Lipinski definition) is 0. The summed E-state index contributed by atoms with van der Waals surface area (Å²) in [6, 6.07) is 4.09. The number of benzene rings is 1. The van der Waals surface area contributed by atoms with E-state index >= 15 is 0 Å². The third kappa shape index (κ3) is 3.38. The van der Waals surface area contributed by atoms with E-state index in [0.717, 1.165) is 24.4 Å². The molecule has 0 bridgehead atoms. The second kappa shape index (κ2) is 6.89. The Morgan fingerprint density at radius 2 is 1.73 bits per heavy atom. The lowest BCUT2D eigenvalue weighted by Crippen LogP contribution is -2.07. The first kappa shape index (κ1) is 20.5. The Balaban J connectivity index is 1.94. The molecule has 30 heavy (non-hydrogen) atoms. The number of aryl methyl sites for hydroxylation is 1. The van der Waals surface area contributed by atoms with Crippen LogP contribution in [-0.4, -0.2) is 30.1 Å². The summed E-state index contributed by atoms with van der Waals surface area (Å²) in [4.78, 5) is 7.69. The second-order valence-corrected chi connectivity index (χ2v) is 7.66. The maximum atomic E-state index is 13.1. The van der Waals surface area contributed by atoms with E-state index in [1.165, 1.54) is 27.1 Å². The minimum atomic E-state index is -4.62. The molecule has 0 fully saturated rings. The minimum Gasteiger partial charge on any atom is -0.310 e. The smallest absolute Gasteiger partial charge is 0.310 e. The van der Waals surface area contributed by atoms with Crippen LogP contribution in [0.1, 0.15) is 18.2 Å².